The molecule has 0 radical (unpaired) electrons. The maximum absolute atomic E-state index is 13.6. The fourth-order valence-electron chi connectivity index (χ4n) is 4.91. The van der Waals surface area contributed by atoms with Crippen molar-refractivity contribution in [1.82, 2.24) is 0 Å². The number of hydrogen-bond acceptors (Lipinski definition) is 6. The molecule has 0 saturated heterocycles. The molecule has 0 aromatic heterocycles. The van der Waals surface area contributed by atoms with Crippen LogP contribution in [-0.2, 0) is 28.6 Å². The van der Waals surface area contributed by atoms with Crippen molar-refractivity contribution in [2.75, 3.05) is 13.7 Å². The summed E-state index contributed by atoms with van der Waals surface area (Å²) in [5.41, 5.74) is -4.43. The first-order chi connectivity index (χ1) is 15.0. The van der Waals surface area contributed by atoms with Crippen LogP contribution in [0.5, 0.6) is 0 Å². The van der Waals surface area contributed by atoms with E-state index in [9.17, 15) is 27.6 Å². The Morgan fingerprint density at radius 3 is 1.82 bits per heavy atom. The van der Waals surface area contributed by atoms with Gasteiger partial charge in [0.1, 0.15) is 5.60 Å². The number of hydrogen-bond donors (Lipinski definition) is 0. The van der Waals surface area contributed by atoms with Gasteiger partial charge < -0.3 is 14.2 Å². The lowest BCUT2D eigenvalue weighted by Crippen LogP contribution is -2.46. The molecule has 0 aromatic carbocycles. The number of halogens is 3. The maximum atomic E-state index is 13.6. The standard InChI is InChI=1S/C24H39F3O6/c1-8-21(5,18(29)31-7)15-22(6,19(30)33-23(9-2)12-10-11-13-23)14-20(3,4)17(28)32-16-24(25,26)27/h8-16H2,1-7H3. The summed E-state index contributed by atoms with van der Waals surface area (Å²) < 4.78 is 53.2. The number of carbonyl (C=O) groups is 3. The summed E-state index contributed by atoms with van der Waals surface area (Å²) in [5.74, 6) is -2.14. The van der Waals surface area contributed by atoms with Gasteiger partial charge in [-0.15, -0.1) is 0 Å². The van der Waals surface area contributed by atoms with E-state index in [0.29, 0.717) is 12.8 Å². The molecule has 0 aliphatic heterocycles. The molecule has 1 saturated carbocycles. The van der Waals surface area contributed by atoms with Crippen molar-refractivity contribution >= 4 is 17.9 Å². The average Bonchev–Trinajstić information content (AvgIpc) is 3.18. The highest BCUT2D eigenvalue weighted by atomic mass is 19.4. The van der Waals surface area contributed by atoms with E-state index >= 15 is 0 Å². The molecule has 1 rings (SSSR count). The predicted octanol–water partition coefficient (Wildman–Crippen LogP) is 5.76. The minimum Gasteiger partial charge on any atom is -0.469 e. The Bertz CT molecular complexity index is 711. The molecular formula is C24H39F3O6. The third-order valence-corrected chi connectivity index (χ3v) is 6.95. The SMILES string of the molecule is CCC1(OC(=O)C(C)(CC(C)(C)C(=O)OCC(F)(F)F)CC(C)(CC)C(=O)OC)CCCC1. The molecule has 2 atom stereocenters. The van der Waals surface area contributed by atoms with Crippen molar-refractivity contribution in [3.63, 3.8) is 0 Å². The first-order valence-electron chi connectivity index (χ1n) is 11.5. The van der Waals surface area contributed by atoms with Crippen molar-refractivity contribution in [2.45, 2.75) is 105 Å². The summed E-state index contributed by atoms with van der Waals surface area (Å²) >= 11 is 0. The van der Waals surface area contributed by atoms with Crippen molar-refractivity contribution in [3.8, 4) is 0 Å². The number of rotatable bonds is 11. The third kappa shape index (κ3) is 7.60. The van der Waals surface area contributed by atoms with E-state index in [2.05, 4.69) is 4.74 Å². The van der Waals surface area contributed by atoms with Crippen LogP contribution in [0, 0.1) is 16.2 Å². The summed E-state index contributed by atoms with van der Waals surface area (Å²) in [6.45, 7) is 8.17. The van der Waals surface area contributed by atoms with Crippen molar-refractivity contribution in [2.24, 2.45) is 16.2 Å². The smallest absolute Gasteiger partial charge is 0.422 e. The van der Waals surface area contributed by atoms with Crippen LogP contribution in [0.25, 0.3) is 0 Å². The molecule has 1 fully saturated rings. The monoisotopic (exact) mass is 480 g/mol. The van der Waals surface area contributed by atoms with Gasteiger partial charge in [-0.1, -0.05) is 13.8 Å². The van der Waals surface area contributed by atoms with Crippen molar-refractivity contribution < 1.29 is 41.8 Å². The second kappa shape index (κ2) is 10.6. The summed E-state index contributed by atoms with van der Waals surface area (Å²) in [5, 5.41) is 0. The van der Waals surface area contributed by atoms with Gasteiger partial charge in [0.05, 0.1) is 23.4 Å². The summed E-state index contributed by atoms with van der Waals surface area (Å²) in [6.07, 6.45) is -0.484. The molecule has 0 heterocycles. The number of methoxy groups -OCH3 is 1. The van der Waals surface area contributed by atoms with E-state index in [1.165, 1.54) is 21.0 Å². The van der Waals surface area contributed by atoms with Gasteiger partial charge in [-0.2, -0.15) is 13.2 Å². The Balaban J connectivity index is 3.29. The van der Waals surface area contributed by atoms with Crippen LogP contribution in [0.3, 0.4) is 0 Å². The van der Waals surface area contributed by atoms with Crippen molar-refractivity contribution in [3.05, 3.63) is 0 Å². The highest BCUT2D eigenvalue weighted by Gasteiger charge is 2.52. The lowest BCUT2D eigenvalue weighted by atomic mass is 9.65. The summed E-state index contributed by atoms with van der Waals surface area (Å²) in [4.78, 5) is 38.7. The first-order valence-corrected chi connectivity index (χ1v) is 11.5. The van der Waals surface area contributed by atoms with E-state index < -0.39 is 52.5 Å². The molecule has 0 bridgehead atoms. The molecule has 0 spiro atoms. The highest BCUT2D eigenvalue weighted by Crippen LogP contribution is 2.47. The van der Waals surface area contributed by atoms with Crippen LogP contribution in [0.1, 0.15) is 92.9 Å². The fraction of sp³-hybridized carbons (Fsp3) is 0.875. The lowest BCUT2D eigenvalue weighted by molar-refractivity contribution is -0.195. The summed E-state index contributed by atoms with van der Waals surface area (Å²) in [7, 11) is 1.26. The average molecular weight is 481 g/mol. The molecule has 33 heavy (non-hydrogen) atoms. The van der Waals surface area contributed by atoms with E-state index in [1.807, 2.05) is 6.92 Å². The van der Waals surface area contributed by atoms with Gasteiger partial charge in [-0.05, 0) is 79.1 Å². The van der Waals surface area contributed by atoms with Crippen LogP contribution >= 0.6 is 0 Å². The van der Waals surface area contributed by atoms with E-state index in [0.717, 1.165) is 25.7 Å². The Morgan fingerprint density at radius 2 is 1.39 bits per heavy atom. The zero-order valence-corrected chi connectivity index (χ0v) is 20.9. The minimum atomic E-state index is -4.66. The number of esters is 3. The molecule has 9 heteroatoms. The van der Waals surface area contributed by atoms with E-state index in [1.54, 1.807) is 20.8 Å². The topological polar surface area (TPSA) is 78.9 Å². The van der Waals surface area contributed by atoms with Crippen LogP contribution in [0.15, 0.2) is 0 Å². The zero-order chi connectivity index (χ0) is 25.7. The van der Waals surface area contributed by atoms with Crippen LogP contribution in [0.2, 0.25) is 0 Å². The van der Waals surface area contributed by atoms with Gasteiger partial charge >= 0.3 is 24.1 Å². The molecule has 0 N–H and O–H groups in total. The number of alkyl halides is 3. The summed E-state index contributed by atoms with van der Waals surface area (Å²) in [6, 6.07) is 0. The second-order valence-electron chi connectivity index (χ2n) is 10.5. The molecule has 6 nitrogen and oxygen atoms in total. The van der Waals surface area contributed by atoms with Crippen LogP contribution in [-0.4, -0.2) is 43.4 Å². The maximum Gasteiger partial charge on any atom is 0.422 e. The predicted molar refractivity (Wildman–Crippen MR) is 116 cm³/mol. The van der Waals surface area contributed by atoms with Crippen LogP contribution in [0.4, 0.5) is 13.2 Å². The second-order valence-corrected chi connectivity index (χ2v) is 10.5. The molecular weight excluding hydrogens is 441 g/mol. The van der Waals surface area contributed by atoms with E-state index in [-0.39, 0.29) is 12.8 Å². The Kier molecular flexibility index (Phi) is 9.42. The Hall–Kier alpha value is -1.80. The normalized spacial score (nSPS) is 19.8. The van der Waals surface area contributed by atoms with Gasteiger partial charge in [0.2, 0.25) is 0 Å². The van der Waals surface area contributed by atoms with Gasteiger partial charge in [0, 0.05) is 0 Å². The molecule has 192 valence electrons. The highest BCUT2D eigenvalue weighted by molar-refractivity contribution is 5.83. The van der Waals surface area contributed by atoms with Crippen LogP contribution < -0.4 is 0 Å². The lowest BCUT2D eigenvalue weighted by Gasteiger charge is -2.41. The Labute approximate surface area is 194 Å². The number of carbonyl (C=O) groups excluding carboxylic acids is 3. The van der Waals surface area contributed by atoms with Gasteiger partial charge in [-0.3, -0.25) is 14.4 Å². The third-order valence-electron chi connectivity index (χ3n) is 6.95. The van der Waals surface area contributed by atoms with Gasteiger partial charge in [-0.25, -0.2) is 0 Å². The molecule has 1 aliphatic rings. The largest absolute Gasteiger partial charge is 0.469 e. The number of ether oxygens (including phenoxy) is 3. The Morgan fingerprint density at radius 1 is 0.848 bits per heavy atom. The van der Waals surface area contributed by atoms with Gasteiger partial charge in [0.15, 0.2) is 6.61 Å². The molecule has 2 unspecified atom stereocenters. The quantitative estimate of drug-likeness (QED) is 0.276. The van der Waals surface area contributed by atoms with E-state index in [4.69, 9.17) is 9.47 Å². The fourth-order valence-corrected chi connectivity index (χ4v) is 4.91. The molecule has 0 amide bonds. The zero-order valence-electron chi connectivity index (χ0n) is 20.9. The minimum absolute atomic E-state index is 0.0117. The van der Waals surface area contributed by atoms with Gasteiger partial charge in [0.25, 0.3) is 0 Å². The molecule has 0 aromatic rings. The molecule has 1 aliphatic carbocycles. The van der Waals surface area contributed by atoms with Crippen molar-refractivity contribution in [1.29, 1.82) is 0 Å². The first kappa shape index (κ1) is 29.2.